The molecule has 3 rings (SSSR count). The minimum atomic E-state index is -0.152. The lowest BCUT2D eigenvalue weighted by atomic mass is 10.0. The van der Waals surface area contributed by atoms with Gasteiger partial charge in [-0.2, -0.15) is 5.10 Å². The van der Waals surface area contributed by atoms with Gasteiger partial charge in [0.1, 0.15) is 0 Å². The number of rotatable bonds is 8. The molecule has 0 unspecified atom stereocenters. The maximum Gasteiger partial charge on any atom is 0.251 e. The molecule has 2 aromatic carbocycles. The monoisotopic (exact) mass is 418 g/mol. The first-order chi connectivity index (χ1) is 13.5. The number of fused-ring (bicyclic) bond motifs is 1. The molecule has 1 atom stereocenters. The second-order valence-corrected chi connectivity index (χ2v) is 7.52. The maximum absolute atomic E-state index is 12.6. The summed E-state index contributed by atoms with van der Waals surface area (Å²) in [5.41, 5.74) is 2.75. The Bertz CT molecular complexity index is 952. The molecule has 1 amide bonds. The molecule has 0 aliphatic heterocycles. The standard InChI is InChI=1S/C21H24Cl2N4O/c1-3-27(4-2)17(10-14-5-8-20-16(9-14)12-25-26-20)13-24-21(28)15-6-7-18(22)19(23)11-15/h5-9,11-12,17H,3-4,10,13H2,1-2H3,(H,24,28)(H,25,26)/t17-/m0/s1. The summed E-state index contributed by atoms with van der Waals surface area (Å²) in [4.78, 5) is 14.9. The van der Waals surface area contributed by atoms with Crippen LogP contribution < -0.4 is 5.32 Å². The van der Waals surface area contributed by atoms with E-state index >= 15 is 0 Å². The SMILES string of the molecule is CCN(CC)[C@H](CNC(=O)c1ccc(Cl)c(Cl)c1)Cc1ccc2[nH]ncc2c1. The van der Waals surface area contributed by atoms with Gasteiger partial charge in [-0.3, -0.25) is 14.8 Å². The van der Waals surface area contributed by atoms with Crippen LogP contribution in [0.15, 0.2) is 42.6 Å². The molecule has 5 nitrogen and oxygen atoms in total. The van der Waals surface area contributed by atoms with Gasteiger partial charge in [0.15, 0.2) is 0 Å². The Kier molecular flexibility index (Phi) is 6.94. The topological polar surface area (TPSA) is 61.0 Å². The molecule has 0 radical (unpaired) electrons. The highest BCUT2D eigenvalue weighted by Gasteiger charge is 2.18. The second-order valence-electron chi connectivity index (χ2n) is 6.71. The van der Waals surface area contributed by atoms with Crippen molar-refractivity contribution in [3.8, 4) is 0 Å². The van der Waals surface area contributed by atoms with Crippen molar-refractivity contribution in [3.63, 3.8) is 0 Å². The number of halogens is 2. The number of hydrogen-bond donors (Lipinski definition) is 2. The molecule has 0 bridgehead atoms. The molecule has 1 aromatic heterocycles. The van der Waals surface area contributed by atoms with Crippen LogP contribution in [0.2, 0.25) is 10.0 Å². The van der Waals surface area contributed by atoms with Crippen LogP contribution in [0.5, 0.6) is 0 Å². The Hall–Kier alpha value is -2.08. The number of carbonyl (C=O) groups is 1. The number of nitrogens with zero attached hydrogens (tertiary/aromatic N) is 2. The Morgan fingerprint density at radius 1 is 1.14 bits per heavy atom. The van der Waals surface area contributed by atoms with E-state index in [0.717, 1.165) is 30.4 Å². The van der Waals surface area contributed by atoms with Crippen molar-refractivity contribution in [1.82, 2.24) is 20.4 Å². The van der Waals surface area contributed by atoms with Crippen LogP contribution in [0.3, 0.4) is 0 Å². The fourth-order valence-corrected chi connectivity index (χ4v) is 3.71. The summed E-state index contributed by atoms with van der Waals surface area (Å²) in [7, 11) is 0. The van der Waals surface area contributed by atoms with Gasteiger partial charge in [0.05, 0.1) is 21.8 Å². The summed E-state index contributed by atoms with van der Waals surface area (Å²) in [5.74, 6) is -0.152. The Morgan fingerprint density at radius 2 is 1.93 bits per heavy atom. The lowest BCUT2D eigenvalue weighted by molar-refractivity contribution is 0.0934. The van der Waals surface area contributed by atoms with E-state index in [2.05, 4.69) is 46.4 Å². The van der Waals surface area contributed by atoms with E-state index in [9.17, 15) is 4.79 Å². The van der Waals surface area contributed by atoms with Crippen molar-refractivity contribution in [3.05, 3.63) is 63.8 Å². The molecule has 0 fully saturated rings. The highest BCUT2D eigenvalue weighted by molar-refractivity contribution is 6.42. The fraction of sp³-hybridized carbons (Fsp3) is 0.333. The largest absolute Gasteiger partial charge is 0.350 e. The molecule has 7 heteroatoms. The smallest absolute Gasteiger partial charge is 0.251 e. The van der Waals surface area contributed by atoms with Gasteiger partial charge in [0.2, 0.25) is 0 Å². The number of nitrogens with one attached hydrogen (secondary N) is 2. The number of amides is 1. The van der Waals surface area contributed by atoms with Crippen molar-refractivity contribution >= 4 is 40.0 Å². The van der Waals surface area contributed by atoms with E-state index in [1.165, 1.54) is 5.56 Å². The highest BCUT2D eigenvalue weighted by atomic mass is 35.5. The first kappa shape index (κ1) is 20.6. The fourth-order valence-electron chi connectivity index (χ4n) is 3.41. The lowest BCUT2D eigenvalue weighted by Gasteiger charge is -2.30. The highest BCUT2D eigenvalue weighted by Crippen LogP contribution is 2.22. The molecule has 2 N–H and O–H groups in total. The zero-order chi connectivity index (χ0) is 20.1. The third-order valence-electron chi connectivity index (χ3n) is 4.98. The molecule has 0 spiro atoms. The normalized spacial score (nSPS) is 12.5. The third kappa shape index (κ3) is 4.85. The first-order valence-corrected chi connectivity index (χ1v) is 10.2. The Labute approximate surface area is 175 Å². The lowest BCUT2D eigenvalue weighted by Crippen LogP contribution is -2.45. The van der Waals surface area contributed by atoms with Crippen LogP contribution >= 0.6 is 23.2 Å². The number of hydrogen-bond acceptors (Lipinski definition) is 3. The number of H-pyrrole nitrogens is 1. The van der Waals surface area contributed by atoms with E-state index in [0.29, 0.717) is 22.2 Å². The molecule has 0 aliphatic rings. The summed E-state index contributed by atoms with van der Waals surface area (Å²) in [6.07, 6.45) is 2.67. The number of likely N-dealkylation sites (N-methyl/N-ethyl adjacent to an activating group) is 1. The van der Waals surface area contributed by atoms with E-state index in [-0.39, 0.29) is 11.9 Å². The maximum atomic E-state index is 12.6. The van der Waals surface area contributed by atoms with Crippen LogP contribution in [0.4, 0.5) is 0 Å². The van der Waals surface area contributed by atoms with E-state index in [4.69, 9.17) is 23.2 Å². The van der Waals surface area contributed by atoms with Gasteiger partial charge in [-0.25, -0.2) is 0 Å². The number of carbonyl (C=O) groups excluding carboxylic acids is 1. The Morgan fingerprint density at radius 3 is 2.64 bits per heavy atom. The zero-order valence-electron chi connectivity index (χ0n) is 16.0. The predicted octanol–water partition coefficient (Wildman–Crippen LogP) is 4.55. The van der Waals surface area contributed by atoms with Gasteiger partial charge in [-0.05, 0) is 55.4 Å². The molecule has 148 valence electrons. The average Bonchev–Trinajstić information content (AvgIpc) is 3.16. The molecule has 0 saturated heterocycles. The number of aromatic nitrogens is 2. The van der Waals surface area contributed by atoms with Crippen LogP contribution in [-0.4, -0.2) is 46.7 Å². The van der Waals surface area contributed by atoms with Crippen molar-refractivity contribution in [2.24, 2.45) is 0 Å². The molecule has 0 aliphatic carbocycles. The van der Waals surface area contributed by atoms with Crippen molar-refractivity contribution in [2.45, 2.75) is 26.3 Å². The van der Waals surface area contributed by atoms with Crippen molar-refractivity contribution in [2.75, 3.05) is 19.6 Å². The van der Waals surface area contributed by atoms with Crippen LogP contribution in [0.25, 0.3) is 10.9 Å². The molecular formula is C21H24Cl2N4O. The number of aromatic amines is 1. The predicted molar refractivity (Wildman–Crippen MR) is 115 cm³/mol. The summed E-state index contributed by atoms with van der Waals surface area (Å²) < 4.78 is 0. The van der Waals surface area contributed by atoms with E-state index < -0.39 is 0 Å². The van der Waals surface area contributed by atoms with Gasteiger partial charge in [0.25, 0.3) is 5.91 Å². The van der Waals surface area contributed by atoms with E-state index in [1.807, 2.05) is 12.3 Å². The van der Waals surface area contributed by atoms with Gasteiger partial charge in [0, 0.05) is 23.5 Å². The van der Waals surface area contributed by atoms with Crippen LogP contribution in [-0.2, 0) is 6.42 Å². The van der Waals surface area contributed by atoms with Crippen molar-refractivity contribution < 1.29 is 4.79 Å². The van der Waals surface area contributed by atoms with E-state index in [1.54, 1.807) is 18.2 Å². The minimum Gasteiger partial charge on any atom is -0.350 e. The zero-order valence-corrected chi connectivity index (χ0v) is 17.5. The van der Waals surface area contributed by atoms with Crippen LogP contribution in [0.1, 0.15) is 29.8 Å². The van der Waals surface area contributed by atoms with Gasteiger partial charge >= 0.3 is 0 Å². The minimum absolute atomic E-state index is 0.152. The molecule has 0 saturated carbocycles. The summed E-state index contributed by atoms with van der Waals surface area (Å²) in [5, 5.41) is 12.0. The van der Waals surface area contributed by atoms with Gasteiger partial charge < -0.3 is 5.32 Å². The first-order valence-electron chi connectivity index (χ1n) is 9.41. The van der Waals surface area contributed by atoms with Crippen molar-refractivity contribution in [1.29, 1.82) is 0 Å². The Balaban J connectivity index is 1.72. The summed E-state index contributed by atoms with van der Waals surface area (Å²) in [6, 6.07) is 11.4. The van der Waals surface area contributed by atoms with Gasteiger partial charge in [-0.1, -0.05) is 43.1 Å². The summed E-state index contributed by atoms with van der Waals surface area (Å²) >= 11 is 12.0. The third-order valence-corrected chi connectivity index (χ3v) is 5.72. The van der Waals surface area contributed by atoms with Gasteiger partial charge in [-0.15, -0.1) is 0 Å². The molecular weight excluding hydrogens is 395 g/mol. The molecule has 28 heavy (non-hydrogen) atoms. The van der Waals surface area contributed by atoms with Crippen LogP contribution in [0, 0.1) is 0 Å². The second kappa shape index (κ2) is 9.41. The number of benzene rings is 2. The quantitative estimate of drug-likeness (QED) is 0.563. The summed E-state index contributed by atoms with van der Waals surface area (Å²) in [6.45, 7) is 6.65. The average molecular weight is 419 g/mol. The molecule has 3 aromatic rings. The molecule has 1 heterocycles.